The van der Waals surface area contributed by atoms with Crippen LogP contribution in [0.4, 0.5) is 0 Å². The number of benzene rings is 1. The molecule has 0 atom stereocenters. The minimum Gasteiger partial charge on any atom is -0.448 e. The highest BCUT2D eigenvalue weighted by molar-refractivity contribution is 5.43. The summed E-state index contributed by atoms with van der Waals surface area (Å²) in [5.74, 6) is 1.38. The van der Waals surface area contributed by atoms with Crippen LogP contribution in [0.15, 0.2) is 24.3 Å². The van der Waals surface area contributed by atoms with Gasteiger partial charge < -0.3 is 9.47 Å². The van der Waals surface area contributed by atoms with Crippen molar-refractivity contribution in [2.24, 2.45) is 5.41 Å². The van der Waals surface area contributed by atoms with E-state index in [-0.39, 0.29) is 5.41 Å². The van der Waals surface area contributed by atoms with Crippen LogP contribution in [0.3, 0.4) is 0 Å². The zero-order valence-electron chi connectivity index (χ0n) is 9.95. The van der Waals surface area contributed by atoms with E-state index < -0.39 is 5.79 Å². The summed E-state index contributed by atoms with van der Waals surface area (Å²) >= 11 is 0. The predicted octanol–water partition coefficient (Wildman–Crippen LogP) is 3.75. The first-order valence-corrected chi connectivity index (χ1v) is 6.10. The maximum atomic E-state index is 6.13. The summed E-state index contributed by atoms with van der Waals surface area (Å²) in [5, 5.41) is 0. The monoisotopic (exact) mass is 218 g/mol. The van der Waals surface area contributed by atoms with E-state index in [4.69, 9.17) is 9.47 Å². The first kappa shape index (κ1) is 10.0. The smallest absolute Gasteiger partial charge is 0.256 e. The molecule has 1 spiro atoms. The van der Waals surface area contributed by atoms with Crippen LogP contribution in [0, 0.1) is 5.41 Å². The molecule has 1 aliphatic heterocycles. The van der Waals surface area contributed by atoms with Gasteiger partial charge in [0.15, 0.2) is 11.5 Å². The molecule has 3 rings (SSSR count). The molecule has 2 heteroatoms. The van der Waals surface area contributed by atoms with Crippen LogP contribution in [0.2, 0.25) is 0 Å². The van der Waals surface area contributed by atoms with Gasteiger partial charge in [0.05, 0.1) is 0 Å². The standard InChI is InChI=1S/C14H18O2/c1-13(2)9-5-6-10-14(13)15-11-7-3-4-8-12(11)16-14/h3-4,7-8H,5-6,9-10H2,1-2H3. The Morgan fingerprint density at radius 2 is 1.50 bits per heavy atom. The van der Waals surface area contributed by atoms with Gasteiger partial charge in [-0.3, -0.25) is 0 Å². The Hall–Kier alpha value is -1.18. The third kappa shape index (κ3) is 1.25. The lowest BCUT2D eigenvalue weighted by molar-refractivity contribution is -0.186. The minimum absolute atomic E-state index is 0.0876. The summed E-state index contributed by atoms with van der Waals surface area (Å²) < 4.78 is 12.3. The van der Waals surface area contributed by atoms with Crippen LogP contribution in [0.5, 0.6) is 11.5 Å². The predicted molar refractivity (Wildman–Crippen MR) is 62.7 cm³/mol. The highest BCUT2D eigenvalue weighted by Gasteiger charge is 2.54. The van der Waals surface area contributed by atoms with E-state index in [0.29, 0.717) is 0 Å². The maximum absolute atomic E-state index is 6.13. The molecule has 0 unspecified atom stereocenters. The molecule has 0 radical (unpaired) electrons. The number of hydrogen-bond acceptors (Lipinski definition) is 2. The highest BCUT2D eigenvalue weighted by atomic mass is 16.7. The molecule has 0 aromatic heterocycles. The molecule has 1 heterocycles. The Morgan fingerprint density at radius 1 is 0.938 bits per heavy atom. The van der Waals surface area contributed by atoms with E-state index in [1.807, 2.05) is 24.3 Å². The van der Waals surface area contributed by atoms with E-state index in [1.54, 1.807) is 0 Å². The Morgan fingerprint density at radius 3 is 2.06 bits per heavy atom. The van der Waals surface area contributed by atoms with E-state index in [2.05, 4.69) is 13.8 Å². The van der Waals surface area contributed by atoms with Gasteiger partial charge in [-0.25, -0.2) is 0 Å². The van der Waals surface area contributed by atoms with Crippen molar-refractivity contribution in [2.45, 2.75) is 45.3 Å². The molecule has 0 N–H and O–H groups in total. The van der Waals surface area contributed by atoms with E-state index in [0.717, 1.165) is 17.9 Å². The second-order valence-corrected chi connectivity index (χ2v) is 5.49. The second-order valence-electron chi connectivity index (χ2n) is 5.49. The highest BCUT2D eigenvalue weighted by Crippen LogP contribution is 2.53. The Labute approximate surface area is 96.6 Å². The van der Waals surface area contributed by atoms with Crippen molar-refractivity contribution in [1.29, 1.82) is 0 Å². The van der Waals surface area contributed by atoms with Gasteiger partial charge in [0.25, 0.3) is 5.79 Å². The zero-order chi connectivity index (χ0) is 11.2. The Kier molecular flexibility index (Phi) is 1.97. The van der Waals surface area contributed by atoms with Gasteiger partial charge >= 0.3 is 0 Å². The van der Waals surface area contributed by atoms with Crippen LogP contribution >= 0.6 is 0 Å². The van der Waals surface area contributed by atoms with Gasteiger partial charge in [0, 0.05) is 11.8 Å². The van der Waals surface area contributed by atoms with Gasteiger partial charge in [-0.05, 0) is 25.0 Å². The molecule has 1 saturated carbocycles. The van der Waals surface area contributed by atoms with Crippen molar-refractivity contribution in [3.05, 3.63) is 24.3 Å². The average Bonchev–Trinajstić information content (AvgIpc) is 2.62. The second kappa shape index (κ2) is 3.16. The van der Waals surface area contributed by atoms with Crippen molar-refractivity contribution in [3.63, 3.8) is 0 Å². The Bertz CT molecular complexity index is 384. The van der Waals surface area contributed by atoms with Crippen LogP contribution in [-0.2, 0) is 0 Å². The summed E-state index contributed by atoms with van der Waals surface area (Å²) in [6.45, 7) is 4.50. The molecule has 0 amide bonds. The third-order valence-corrected chi connectivity index (χ3v) is 3.99. The largest absolute Gasteiger partial charge is 0.448 e. The summed E-state index contributed by atoms with van der Waals surface area (Å²) in [6, 6.07) is 7.98. The molecule has 2 aliphatic rings. The average molecular weight is 218 g/mol. The SMILES string of the molecule is CC1(C)CCCCC12Oc1ccccc1O2. The maximum Gasteiger partial charge on any atom is 0.256 e. The normalized spacial score (nSPS) is 24.6. The van der Waals surface area contributed by atoms with Crippen LogP contribution in [0.1, 0.15) is 39.5 Å². The quantitative estimate of drug-likeness (QED) is 0.660. The number of fused-ring (bicyclic) bond motifs is 1. The molecule has 1 aliphatic carbocycles. The Balaban J connectivity index is 1.98. The van der Waals surface area contributed by atoms with Crippen molar-refractivity contribution >= 4 is 0 Å². The van der Waals surface area contributed by atoms with Crippen molar-refractivity contribution in [2.75, 3.05) is 0 Å². The molecule has 16 heavy (non-hydrogen) atoms. The lowest BCUT2D eigenvalue weighted by atomic mass is 9.72. The fourth-order valence-corrected chi connectivity index (χ4v) is 2.83. The van der Waals surface area contributed by atoms with Crippen molar-refractivity contribution in [1.82, 2.24) is 0 Å². The number of hydrogen-bond donors (Lipinski definition) is 0. The van der Waals surface area contributed by atoms with Crippen molar-refractivity contribution in [3.8, 4) is 11.5 Å². The van der Waals surface area contributed by atoms with Gasteiger partial charge in [-0.1, -0.05) is 32.4 Å². The fraction of sp³-hybridized carbons (Fsp3) is 0.571. The van der Waals surface area contributed by atoms with Gasteiger partial charge in [0.2, 0.25) is 0 Å². The summed E-state index contributed by atoms with van der Waals surface area (Å²) in [7, 11) is 0. The van der Waals surface area contributed by atoms with Gasteiger partial charge in [0.1, 0.15) is 0 Å². The number of ether oxygens (including phenoxy) is 2. The minimum atomic E-state index is -0.422. The lowest BCUT2D eigenvalue weighted by Gasteiger charge is -2.45. The lowest BCUT2D eigenvalue weighted by Crippen LogP contribution is -2.53. The molecular formula is C14H18O2. The fourth-order valence-electron chi connectivity index (χ4n) is 2.83. The first-order valence-electron chi connectivity index (χ1n) is 6.10. The summed E-state index contributed by atoms with van der Waals surface area (Å²) in [4.78, 5) is 0. The molecule has 1 aromatic carbocycles. The van der Waals surface area contributed by atoms with Gasteiger partial charge in [-0.2, -0.15) is 0 Å². The zero-order valence-corrected chi connectivity index (χ0v) is 9.95. The molecular weight excluding hydrogens is 200 g/mol. The van der Waals surface area contributed by atoms with E-state index in [9.17, 15) is 0 Å². The molecule has 0 bridgehead atoms. The third-order valence-electron chi connectivity index (χ3n) is 3.99. The molecule has 0 saturated heterocycles. The summed E-state index contributed by atoms with van der Waals surface area (Å²) in [5.41, 5.74) is 0.0876. The van der Waals surface area contributed by atoms with Crippen LogP contribution in [0.25, 0.3) is 0 Å². The molecule has 1 aromatic rings. The number of rotatable bonds is 0. The topological polar surface area (TPSA) is 18.5 Å². The van der Waals surface area contributed by atoms with E-state index >= 15 is 0 Å². The number of para-hydroxylation sites is 2. The van der Waals surface area contributed by atoms with Crippen LogP contribution < -0.4 is 9.47 Å². The first-order chi connectivity index (χ1) is 7.63. The molecule has 86 valence electrons. The van der Waals surface area contributed by atoms with E-state index in [1.165, 1.54) is 19.3 Å². The molecule has 2 nitrogen and oxygen atoms in total. The van der Waals surface area contributed by atoms with Crippen molar-refractivity contribution < 1.29 is 9.47 Å². The van der Waals surface area contributed by atoms with Gasteiger partial charge in [-0.15, -0.1) is 0 Å². The van der Waals surface area contributed by atoms with Crippen LogP contribution in [-0.4, -0.2) is 5.79 Å². The molecule has 1 fully saturated rings. The summed E-state index contributed by atoms with van der Waals surface area (Å²) in [6.07, 6.45) is 4.63.